The number of nitrogens with zero attached hydrogens (tertiary/aromatic N) is 2. The molecule has 2 rings (SSSR count). The summed E-state index contributed by atoms with van der Waals surface area (Å²) >= 11 is 0. The Hall–Kier alpha value is -0.960. The molecule has 0 bridgehead atoms. The normalized spacial score (nSPS) is 24.5. The zero-order valence-corrected chi connectivity index (χ0v) is 8.87. The molecule has 0 aromatic rings. The molecule has 0 aromatic carbocycles. The molecule has 0 saturated carbocycles. The van der Waals surface area contributed by atoms with Crippen molar-refractivity contribution in [1.82, 2.24) is 9.80 Å². The molecule has 0 atom stereocenters. The number of hydrogen-bond donors (Lipinski definition) is 1. The molecule has 0 radical (unpaired) electrons. The molecular formula is C11H19N3. The molecule has 1 aliphatic heterocycles. The Bertz CT molecular complexity index is 260. The summed E-state index contributed by atoms with van der Waals surface area (Å²) in [6.07, 6.45) is 6.38. The molecule has 3 nitrogen and oxygen atoms in total. The van der Waals surface area contributed by atoms with E-state index in [1.54, 1.807) is 0 Å². The van der Waals surface area contributed by atoms with Crippen LogP contribution >= 0.6 is 0 Å². The minimum atomic E-state index is 1.02. The van der Waals surface area contributed by atoms with Crippen molar-refractivity contribution in [3.63, 3.8) is 0 Å². The summed E-state index contributed by atoms with van der Waals surface area (Å²) in [7, 11) is 2.19. The number of rotatable bonds is 1. The summed E-state index contributed by atoms with van der Waals surface area (Å²) in [6, 6.07) is 0. The van der Waals surface area contributed by atoms with Crippen LogP contribution in [0.15, 0.2) is 23.5 Å². The van der Waals surface area contributed by atoms with Gasteiger partial charge >= 0.3 is 0 Å². The van der Waals surface area contributed by atoms with Gasteiger partial charge in [0, 0.05) is 37.6 Å². The SMILES string of the molecule is CN1CCN(C2=CC=C(N)CC2)CC1. The van der Waals surface area contributed by atoms with E-state index in [1.807, 2.05) is 0 Å². The monoisotopic (exact) mass is 193 g/mol. The van der Waals surface area contributed by atoms with Crippen LogP contribution in [-0.2, 0) is 0 Å². The lowest BCUT2D eigenvalue weighted by atomic mass is 10.1. The van der Waals surface area contributed by atoms with Crippen LogP contribution in [0.4, 0.5) is 0 Å². The van der Waals surface area contributed by atoms with Crippen LogP contribution in [0.2, 0.25) is 0 Å². The Morgan fingerprint density at radius 1 is 1.07 bits per heavy atom. The van der Waals surface area contributed by atoms with Gasteiger partial charge in [-0.1, -0.05) is 0 Å². The van der Waals surface area contributed by atoms with Crippen molar-refractivity contribution < 1.29 is 0 Å². The van der Waals surface area contributed by atoms with Crippen molar-refractivity contribution in [2.24, 2.45) is 5.73 Å². The maximum atomic E-state index is 5.74. The molecule has 2 N–H and O–H groups in total. The second-order valence-corrected chi connectivity index (χ2v) is 4.19. The van der Waals surface area contributed by atoms with Gasteiger partial charge in [-0.05, 0) is 32.0 Å². The average Bonchev–Trinajstić information content (AvgIpc) is 2.21. The van der Waals surface area contributed by atoms with Crippen LogP contribution in [0.5, 0.6) is 0 Å². The van der Waals surface area contributed by atoms with Gasteiger partial charge in [0.15, 0.2) is 0 Å². The van der Waals surface area contributed by atoms with Crippen LogP contribution in [-0.4, -0.2) is 43.0 Å². The van der Waals surface area contributed by atoms with Gasteiger partial charge in [0.25, 0.3) is 0 Å². The zero-order valence-electron chi connectivity index (χ0n) is 8.87. The van der Waals surface area contributed by atoms with Gasteiger partial charge in [-0.2, -0.15) is 0 Å². The molecule has 0 unspecified atom stereocenters. The van der Waals surface area contributed by atoms with Gasteiger partial charge in [-0.3, -0.25) is 0 Å². The average molecular weight is 193 g/mol. The van der Waals surface area contributed by atoms with Crippen LogP contribution in [0.1, 0.15) is 12.8 Å². The fourth-order valence-electron chi connectivity index (χ4n) is 2.00. The second kappa shape index (κ2) is 4.05. The third-order valence-electron chi connectivity index (χ3n) is 3.07. The summed E-state index contributed by atoms with van der Waals surface area (Å²) in [6.45, 7) is 4.68. The standard InChI is InChI=1S/C11H19N3/c1-13-6-8-14(9-7-13)11-4-2-10(12)3-5-11/h2,4H,3,5-9,12H2,1H3. The topological polar surface area (TPSA) is 32.5 Å². The van der Waals surface area contributed by atoms with Gasteiger partial charge < -0.3 is 15.5 Å². The maximum absolute atomic E-state index is 5.74. The quantitative estimate of drug-likeness (QED) is 0.667. The van der Waals surface area contributed by atoms with E-state index in [4.69, 9.17) is 5.73 Å². The fourth-order valence-corrected chi connectivity index (χ4v) is 2.00. The van der Waals surface area contributed by atoms with Crippen molar-refractivity contribution in [1.29, 1.82) is 0 Å². The molecule has 0 aromatic heterocycles. The Labute approximate surface area is 85.9 Å². The third kappa shape index (κ3) is 2.10. The lowest BCUT2D eigenvalue weighted by molar-refractivity contribution is 0.182. The molecule has 14 heavy (non-hydrogen) atoms. The number of allylic oxidation sites excluding steroid dienone is 4. The van der Waals surface area contributed by atoms with Gasteiger partial charge in [0.2, 0.25) is 0 Å². The molecule has 1 aliphatic carbocycles. The lowest BCUT2D eigenvalue weighted by Gasteiger charge is -2.36. The van der Waals surface area contributed by atoms with Crippen molar-refractivity contribution in [2.75, 3.05) is 33.2 Å². The third-order valence-corrected chi connectivity index (χ3v) is 3.07. The summed E-state index contributed by atoms with van der Waals surface area (Å²) in [5, 5.41) is 0. The highest BCUT2D eigenvalue weighted by molar-refractivity contribution is 5.21. The maximum Gasteiger partial charge on any atom is 0.0303 e. The predicted molar refractivity (Wildman–Crippen MR) is 58.7 cm³/mol. The molecule has 78 valence electrons. The summed E-state index contributed by atoms with van der Waals surface area (Å²) in [4.78, 5) is 4.87. The summed E-state index contributed by atoms with van der Waals surface area (Å²) in [5.41, 5.74) is 8.22. The Morgan fingerprint density at radius 3 is 2.36 bits per heavy atom. The number of piperazine rings is 1. The smallest absolute Gasteiger partial charge is 0.0303 e. The van der Waals surface area contributed by atoms with Gasteiger partial charge in [-0.25, -0.2) is 0 Å². The highest BCUT2D eigenvalue weighted by Crippen LogP contribution is 2.19. The van der Waals surface area contributed by atoms with E-state index in [2.05, 4.69) is 29.0 Å². The van der Waals surface area contributed by atoms with E-state index >= 15 is 0 Å². The Balaban J connectivity index is 1.96. The lowest BCUT2D eigenvalue weighted by Crippen LogP contribution is -2.44. The Morgan fingerprint density at radius 2 is 1.79 bits per heavy atom. The van der Waals surface area contributed by atoms with Crippen LogP contribution in [0.25, 0.3) is 0 Å². The van der Waals surface area contributed by atoms with Crippen LogP contribution < -0.4 is 5.73 Å². The first kappa shape index (κ1) is 9.59. The first-order valence-electron chi connectivity index (χ1n) is 5.34. The minimum Gasteiger partial charge on any atom is -0.402 e. The molecular weight excluding hydrogens is 174 g/mol. The number of likely N-dealkylation sites (N-methyl/N-ethyl adjacent to an activating group) is 1. The van der Waals surface area contributed by atoms with E-state index < -0.39 is 0 Å². The van der Waals surface area contributed by atoms with Gasteiger partial charge in [-0.15, -0.1) is 0 Å². The Kier molecular flexibility index (Phi) is 2.77. The second-order valence-electron chi connectivity index (χ2n) is 4.19. The highest BCUT2D eigenvalue weighted by Gasteiger charge is 2.16. The molecule has 2 aliphatic rings. The van der Waals surface area contributed by atoms with Crippen LogP contribution in [0, 0.1) is 0 Å². The van der Waals surface area contributed by atoms with Crippen molar-refractivity contribution in [3.8, 4) is 0 Å². The van der Waals surface area contributed by atoms with Crippen LogP contribution in [0.3, 0.4) is 0 Å². The zero-order chi connectivity index (χ0) is 9.97. The fraction of sp³-hybridized carbons (Fsp3) is 0.636. The largest absolute Gasteiger partial charge is 0.402 e. The van der Waals surface area contributed by atoms with E-state index in [0.717, 1.165) is 31.6 Å². The molecule has 3 heteroatoms. The number of hydrogen-bond acceptors (Lipinski definition) is 3. The van der Waals surface area contributed by atoms with E-state index in [-0.39, 0.29) is 0 Å². The van der Waals surface area contributed by atoms with Crippen molar-refractivity contribution in [3.05, 3.63) is 23.5 Å². The molecule has 1 heterocycles. The summed E-state index contributed by atoms with van der Waals surface area (Å²) in [5.74, 6) is 0. The molecule has 0 amide bonds. The minimum absolute atomic E-state index is 1.02. The highest BCUT2D eigenvalue weighted by atomic mass is 15.2. The molecule has 1 saturated heterocycles. The van der Waals surface area contributed by atoms with Crippen molar-refractivity contribution in [2.45, 2.75) is 12.8 Å². The van der Waals surface area contributed by atoms with Crippen molar-refractivity contribution >= 4 is 0 Å². The van der Waals surface area contributed by atoms with E-state index in [0.29, 0.717) is 0 Å². The predicted octanol–water partition coefficient (Wildman–Crippen LogP) is 0.754. The first-order chi connectivity index (χ1) is 6.75. The summed E-state index contributed by atoms with van der Waals surface area (Å²) < 4.78 is 0. The van der Waals surface area contributed by atoms with Gasteiger partial charge in [0.05, 0.1) is 0 Å². The van der Waals surface area contributed by atoms with E-state index in [9.17, 15) is 0 Å². The molecule has 1 fully saturated rings. The van der Waals surface area contributed by atoms with E-state index in [1.165, 1.54) is 18.8 Å². The molecule has 0 spiro atoms. The van der Waals surface area contributed by atoms with Gasteiger partial charge in [0.1, 0.15) is 0 Å². The number of nitrogens with two attached hydrogens (primary N) is 1. The first-order valence-corrected chi connectivity index (χ1v) is 5.34.